The quantitative estimate of drug-likeness (QED) is 0.673. The zero-order valence-electron chi connectivity index (χ0n) is 8.12. The van der Waals surface area contributed by atoms with Crippen molar-refractivity contribution in [1.82, 2.24) is 9.97 Å². The summed E-state index contributed by atoms with van der Waals surface area (Å²) >= 11 is 0. The van der Waals surface area contributed by atoms with Crippen molar-refractivity contribution in [1.29, 1.82) is 5.26 Å². The van der Waals surface area contributed by atoms with E-state index in [1.54, 1.807) is 6.07 Å². The first-order valence-corrected chi connectivity index (χ1v) is 4.46. The van der Waals surface area contributed by atoms with Crippen LogP contribution in [0, 0.1) is 18.3 Å². The number of anilines is 1. The summed E-state index contributed by atoms with van der Waals surface area (Å²) in [5.41, 5.74) is 6.51. The van der Waals surface area contributed by atoms with E-state index < -0.39 is 0 Å². The Morgan fingerprint density at radius 2 is 2.36 bits per heavy atom. The van der Waals surface area contributed by atoms with E-state index in [9.17, 15) is 0 Å². The number of rotatable bonds is 4. The normalized spacial score (nSPS) is 9.50. The van der Waals surface area contributed by atoms with Gasteiger partial charge < -0.3 is 11.1 Å². The Bertz CT molecular complexity index is 342. The zero-order chi connectivity index (χ0) is 10.4. The Morgan fingerprint density at radius 1 is 1.57 bits per heavy atom. The summed E-state index contributed by atoms with van der Waals surface area (Å²) in [6.45, 7) is 3.19. The van der Waals surface area contributed by atoms with Gasteiger partial charge in [0.15, 0.2) is 0 Å². The lowest BCUT2D eigenvalue weighted by Gasteiger charge is -2.04. The maximum atomic E-state index is 8.67. The lowest BCUT2D eigenvalue weighted by Crippen LogP contribution is -2.11. The molecule has 0 radical (unpaired) electrons. The summed E-state index contributed by atoms with van der Waals surface area (Å²) in [6, 6.07) is 3.63. The van der Waals surface area contributed by atoms with E-state index in [1.165, 1.54) is 0 Å². The average Bonchev–Trinajstić information content (AvgIpc) is 2.17. The molecule has 0 unspecified atom stereocenters. The first-order valence-electron chi connectivity index (χ1n) is 4.46. The van der Waals surface area contributed by atoms with E-state index in [1.807, 2.05) is 13.0 Å². The molecule has 0 aromatic carbocycles. The number of nitrogens with zero attached hydrogens (tertiary/aromatic N) is 3. The SMILES string of the molecule is Cc1cc(C#N)nc(NCCCN)n1. The number of aryl methyl sites for hydroxylation is 1. The van der Waals surface area contributed by atoms with E-state index in [-0.39, 0.29) is 0 Å². The molecule has 0 aliphatic carbocycles. The standard InChI is InChI=1S/C9H13N5/c1-7-5-8(6-11)14-9(13-7)12-4-2-3-10/h5H,2-4,10H2,1H3,(H,12,13,14). The Morgan fingerprint density at radius 3 is 3.00 bits per heavy atom. The van der Waals surface area contributed by atoms with Crippen molar-refractivity contribution < 1.29 is 0 Å². The van der Waals surface area contributed by atoms with Gasteiger partial charge in [-0.3, -0.25) is 0 Å². The highest BCUT2D eigenvalue weighted by atomic mass is 15.1. The van der Waals surface area contributed by atoms with Gasteiger partial charge in [0.05, 0.1) is 0 Å². The van der Waals surface area contributed by atoms with Crippen LogP contribution < -0.4 is 11.1 Å². The molecule has 1 heterocycles. The van der Waals surface area contributed by atoms with Gasteiger partial charge in [-0.15, -0.1) is 0 Å². The molecular weight excluding hydrogens is 178 g/mol. The third-order valence-electron chi connectivity index (χ3n) is 1.63. The second-order valence-corrected chi connectivity index (χ2v) is 2.90. The number of nitriles is 1. The highest BCUT2D eigenvalue weighted by molar-refractivity contribution is 5.32. The van der Waals surface area contributed by atoms with Crippen LogP contribution in [-0.2, 0) is 0 Å². The van der Waals surface area contributed by atoms with Crippen LogP contribution >= 0.6 is 0 Å². The minimum absolute atomic E-state index is 0.382. The Balaban J connectivity index is 2.68. The number of aromatic nitrogens is 2. The Hall–Kier alpha value is -1.67. The van der Waals surface area contributed by atoms with Crippen LogP contribution in [0.15, 0.2) is 6.07 Å². The minimum atomic E-state index is 0.382. The minimum Gasteiger partial charge on any atom is -0.354 e. The largest absolute Gasteiger partial charge is 0.354 e. The van der Waals surface area contributed by atoms with Gasteiger partial charge in [0, 0.05) is 12.2 Å². The molecule has 74 valence electrons. The molecule has 0 aliphatic heterocycles. The number of nitrogens with one attached hydrogen (secondary N) is 1. The molecule has 1 aromatic rings. The molecule has 3 N–H and O–H groups in total. The molecule has 0 amide bonds. The van der Waals surface area contributed by atoms with Crippen LogP contribution in [0.5, 0.6) is 0 Å². The summed E-state index contributed by atoms with van der Waals surface area (Å²) in [7, 11) is 0. The average molecular weight is 191 g/mol. The third-order valence-corrected chi connectivity index (χ3v) is 1.63. The van der Waals surface area contributed by atoms with Crippen molar-refractivity contribution in [3.05, 3.63) is 17.5 Å². The van der Waals surface area contributed by atoms with E-state index in [2.05, 4.69) is 15.3 Å². The Labute approximate surface area is 83.0 Å². The lowest BCUT2D eigenvalue weighted by molar-refractivity contribution is 0.861. The molecule has 1 aromatic heterocycles. The molecule has 0 bridgehead atoms. The molecule has 0 saturated heterocycles. The van der Waals surface area contributed by atoms with Crippen molar-refractivity contribution in [2.75, 3.05) is 18.4 Å². The van der Waals surface area contributed by atoms with Gasteiger partial charge in [-0.05, 0) is 26.0 Å². The van der Waals surface area contributed by atoms with Gasteiger partial charge in [-0.2, -0.15) is 5.26 Å². The summed E-state index contributed by atoms with van der Waals surface area (Å²) < 4.78 is 0. The van der Waals surface area contributed by atoms with E-state index >= 15 is 0 Å². The number of nitrogens with two attached hydrogens (primary N) is 1. The van der Waals surface area contributed by atoms with Gasteiger partial charge in [-0.25, -0.2) is 9.97 Å². The molecular formula is C9H13N5. The first-order chi connectivity index (χ1) is 6.76. The molecule has 5 heteroatoms. The maximum absolute atomic E-state index is 8.67. The Kier molecular flexibility index (Phi) is 3.83. The number of hydrogen-bond donors (Lipinski definition) is 2. The van der Waals surface area contributed by atoms with Crippen molar-refractivity contribution in [2.45, 2.75) is 13.3 Å². The zero-order valence-corrected chi connectivity index (χ0v) is 8.12. The summed E-state index contributed by atoms with van der Waals surface area (Å²) in [5.74, 6) is 0.495. The smallest absolute Gasteiger partial charge is 0.224 e. The lowest BCUT2D eigenvalue weighted by atomic mass is 10.3. The van der Waals surface area contributed by atoms with Crippen LogP contribution in [0.25, 0.3) is 0 Å². The van der Waals surface area contributed by atoms with Crippen molar-refractivity contribution >= 4 is 5.95 Å². The monoisotopic (exact) mass is 191 g/mol. The van der Waals surface area contributed by atoms with Gasteiger partial charge in [-0.1, -0.05) is 0 Å². The van der Waals surface area contributed by atoms with Crippen molar-refractivity contribution in [3.63, 3.8) is 0 Å². The third kappa shape index (κ3) is 2.99. The van der Waals surface area contributed by atoms with E-state index in [4.69, 9.17) is 11.0 Å². The topological polar surface area (TPSA) is 87.6 Å². The highest BCUT2D eigenvalue weighted by Crippen LogP contribution is 2.03. The van der Waals surface area contributed by atoms with Gasteiger partial charge >= 0.3 is 0 Å². The predicted molar refractivity (Wildman–Crippen MR) is 53.6 cm³/mol. The summed E-state index contributed by atoms with van der Waals surface area (Å²) in [6.07, 6.45) is 0.860. The van der Waals surface area contributed by atoms with Crippen LogP contribution in [0.3, 0.4) is 0 Å². The molecule has 0 spiro atoms. The predicted octanol–water partition coefficient (Wildman–Crippen LogP) is 0.417. The number of hydrogen-bond acceptors (Lipinski definition) is 5. The van der Waals surface area contributed by atoms with Gasteiger partial charge in [0.2, 0.25) is 5.95 Å². The molecule has 1 rings (SSSR count). The molecule has 0 fully saturated rings. The maximum Gasteiger partial charge on any atom is 0.224 e. The fourth-order valence-electron chi connectivity index (χ4n) is 1.01. The molecule has 0 aliphatic rings. The van der Waals surface area contributed by atoms with Crippen LogP contribution in [0.1, 0.15) is 17.8 Å². The molecule has 0 saturated carbocycles. The van der Waals surface area contributed by atoms with Gasteiger partial charge in [0.1, 0.15) is 11.8 Å². The summed E-state index contributed by atoms with van der Waals surface area (Å²) in [5, 5.41) is 11.7. The van der Waals surface area contributed by atoms with E-state index in [0.29, 0.717) is 18.2 Å². The molecule has 5 nitrogen and oxygen atoms in total. The van der Waals surface area contributed by atoms with Crippen molar-refractivity contribution in [2.24, 2.45) is 5.73 Å². The highest BCUT2D eigenvalue weighted by Gasteiger charge is 1.99. The second-order valence-electron chi connectivity index (χ2n) is 2.90. The molecule has 14 heavy (non-hydrogen) atoms. The van der Waals surface area contributed by atoms with Crippen molar-refractivity contribution in [3.8, 4) is 6.07 Å². The van der Waals surface area contributed by atoms with Crippen LogP contribution in [-0.4, -0.2) is 23.1 Å². The first kappa shape index (κ1) is 10.4. The van der Waals surface area contributed by atoms with Crippen LogP contribution in [0.4, 0.5) is 5.95 Å². The fraction of sp³-hybridized carbons (Fsp3) is 0.444. The van der Waals surface area contributed by atoms with E-state index in [0.717, 1.165) is 18.7 Å². The summed E-state index contributed by atoms with van der Waals surface area (Å²) in [4.78, 5) is 8.14. The van der Waals surface area contributed by atoms with Crippen LogP contribution in [0.2, 0.25) is 0 Å². The fourth-order valence-corrected chi connectivity index (χ4v) is 1.01. The van der Waals surface area contributed by atoms with Gasteiger partial charge in [0.25, 0.3) is 0 Å². The molecule has 0 atom stereocenters. The second kappa shape index (κ2) is 5.14.